The maximum absolute atomic E-state index is 5.53. The highest BCUT2D eigenvalue weighted by Gasteiger charge is 2.24. The second kappa shape index (κ2) is 8.84. The Morgan fingerprint density at radius 3 is 2.88 bits per heavy atom. The number of fused-ring (bicyclic) bond motifs is 1. The van der Waals surface area contributed by atoms with E-state index in [2.05, 4.69) is 47.3 Å². The van der Waals surface area contributed by atoms with E-state index >= 15 is 0 Å². The smallest absolute Gasteiger partial charge is 0.0642 e. The van der Waals surface area contributed by atoms with Crippen molar-refractivity contribution in [2.75, 3.05) is 51.3 Å². The molecule has 1 atom stereocenters. The second-order valence-electron chi connectivity index (χ2n) is 7.27. The summed E-state index contributed by atoms with van der Waals surface area (Å²) in [6.07, 6.45) is 5.09. The summed E-state index contributed by atoms with van der Waals surface area (Å²) in [5.41, 5.74) is 4.48. The molecular formula is C20H33N3O. The lowest BCUT2D eigenvalue weighted by molar-refractivity contribution is 0.122. The van der Waals surface area contributed by atoms with Crippen molar-refractivity contribution >= 4 is 5.69 Å². The van der Waals surface area contributed by atoms with Crippen LogP contribution in [0.5, 0.6) is 0 Å². The fraction of sp³-hybridized carbons (Fsp3) is 0.700. The monoisotopic (exact) mass is 331 g/mol. The van der Waals surface area contributed by atoms with Crippen LogP contribution in [0.25, 0.3) is 0 Å². The summed E-state index contributed by atoms with van der Waals surface area (Å²) in [5.74, 6) is 0. The highest BCUT2D eigenvalue weighted by atomic mass is 16.5. The number of morpholine rings is 1. The summed E-state index contributed by atoms with van der Waals surface area (Å²) in [5, 5.41) is 3.74. The molecule has 0 radical (unpaired) electrons. The molecule has 2 heterocycles. The first-order chi connectivity index (χ1) is 11.8. The molecule has 4 nitrogen and oxygen atoms in total. The molecule has 2 aliphatic rings. The fourth-order valence-electron chi connectivity index (χ4n) is 3.92. The molecule has 0 bridgehead atoms. The van der Waals surface area contributed by atoms with Gasteiger partial charge in [0.1, 0.15) is 0 Å². The van der Waals surface area contributed by atoms with Crippen molar-refractivity contribution in [3.05, 3.63) is 29.3 Å². The number of hydrogen-bond donors (Lipinski definition) is 1. The van der Waals surface area contributed by atoms with E-state index in [9.17, 15) is 0 Å². The third-order valence-electron chi connectivity index (χ3n) is 5.31. The van der Waals surface area contributed by atoms with Gasteiger partial charge in [-0.05, 0) is 43.6 Å². The van der Waals surface area contributed by atoms with Crippen molar-refractivity contribution < 1.29 is 4.74 Å². The average Bonchev–Trinajstić information content (AvgIpc) is 2.62. The number of benzene rings is 1. The molecule has 1 fully saturated rings. The van der Waals surface area contributed by atoms with Gasteiger partial charge in [-0.2, -0.15) is 0 Å². The van der Waals surface area contributed by atoms with Crippen LogP contribution in [-0.2, 0) is 17.7 Å². The maximum atomic E-state index is 5.53. The van der Waals surface area contributed by atoms with Gasteiger partial charge in [0.15, 0.2) is 0 Å². The van der Waals surface area contributed by atoms with Gasteiger partial charge in [-0.3, -0.25) is 0 Å². The van der Waals surface area contributed by atoms with Gasteiger partial charge in [0.05, 0.1) is 13.2 Å². The Morgan fingerprint density at radius 2 is 2.08 bits per heavy atom. The van der Waals surface area contributed by atoms with Gasteiger partial charge >= 0.3 is 0 Å². The van der Waals surface area contributed by atoms with Gasteiger partial charge in [-0.1, -0.05) is 31.9 Å². The minimum atomic E-state index is 0.561. The van der Waals surface area contributed by atoms with Crippen LogP contribution in [0.3, 0.4) is 0 Å². The van der Waals surface area contributed by atoms with Gasteiger partial charge in [-0.15, -0.1) is 0 Å². The zero-order chi connectivity index (χ0) is 16.8. The van der Waals surface area contributed by atoms with Gasteiger partial charge in [0.25, 0.3) is 0 Å². The highest BCUT2D eigenvalue weighted by molar-refractivity contribution is 5.58. The maximum Gasteiger partial charge on any atom is 0.0642 e. The number of rotatable bonds is 7. The van der Waals surface area contributed by atoms with Crippen LogP contribution in [0, 0.1) is 0 Å². The van der Waals surface area contributed by atoms with Crippen molar-refractivity contribution in [3.63, 3.8) is 0 Å². The number of hydrogen-bond acceptors (Lipinski definition) is 4. The third-order valence-corrected chi connectivity index (χ3v) is 5.31. The zero-order valence-electron chi connectivity index (χ0n) is 15.4. The molecular weight excluding hydrogens is 298 g/mol. The molecule has 1 unspecified atom stereocenters. The third kappa shape index (κ3) is 4.50. The van der Waals surface area contributed by atoms with E-state index < -0.39 is 0 Å². The molecule has 24 heavy (non-hydrogen) atoms. The molecule has 1 N–H and O–H groups in total. The molecule has 0 aliphatic carbocycles. The number of anilines is 1. The first-order valence-electron chi connectivity index (χ1n) is 9.63. The lowest BCUT2D eigenvalue weighted by atomic mass is 9.93. The molecule has 0 amide bonds. The average molecular weight is 332 g/mol. The Hall–Kier alpha value is -1.10. The predicted molar refractivity (Wildman–Crippen MR) is 101 cm³/mol. The minimum Gasteiger partial charge on any atom is -0.378 e. The minimum absolute atomic E-state index is 0.561. The summed E-state index contributed by atoms with van der Waals surface area (Å²) >= 11 is 0. The van der Waals surface area contributed by atoms with Crippen molar-refractivity contribution in [3.8, 4) is 0 Å². The van der Waals surface area contributed by atoms with Crippen molar-refractivity contribution in [1.29, 1.82) is 0 Å². The molecule has 134 valence electrons. The van der Waals surface area contributed by atoms with Crippen LogP contribution in [-0.4, -0.2) is 57.4 Å². The van der Waals surface area contributed by atoms with Crippen LogP contribution in [0.1, 0.15) is 37.3 Å². The normalized spacial score (nSPS) is 21.1. The molecule has 2 aliphatic heterocycles. The molecule has 1 aromatic rings. The van der Waals surface area contributed by atoms with E-state index in [4.69, 9.17) is 4.74 Å². The van der Waals surface area contributed by atoms with E-state index in [0.717, 1.165) is 45.8 Å². The first kappa shape index (κ1) is 17.7. The Balaban J connectivity index is 1.63. The van der Waals surface area contributed by atoms with Gasteiger partial charge in [0.2, 0.25) is 0 Å². The quantitative estimate of drug-likeness (QED) is 0.778. The highest BCUT2D eigenvalue weighted by Crippen LogP contribution is 2.29. The van der Waals surface area contributed by atoms with Crippen molar-refractivity contribution in [2.45, 2.75) is 45.2 Å². The molecule has 0 spiro atoms. The van der Waals surface area contributed by atoms with Crippen LogP contribution < -0.4 is 10.2 Å². The number of nitrogens with one attached hydrogen (secondary N) is 1. The van der Waals surface area contributed by atoms with Gasteiger partial charge < -0.3 is 19.9 Å². The second-order valence-corrected chi connectivity index (χ2v) is 7.27. The number of nitrogens with zero attached hydrogens (tertiary/aromatic N) is 2. The SMILES string of the molecule is CCCCCN(C)CC1Cc2c(cccc2N2CCOCC2)CN1. The van der Waals surface area contributed by atoms with Gasteiger partial charge in [-0.25, -0.2) is 0 Å². The first-order valence-corrected chi connectivity index (χ1v) is 9.63. The van der Waals surface area contributed by atoms with Gasteiger partial charge in [0, 0.05) is 37.9 Å². The summed E-state index contributed by atoms with van der Waals surface area (Å²) in [4.78, 5) is 5.01. The molecule has 4 heteroatoms. The standard InChI is InChI=1S/C20H33N3O/c1-3-4-5-9-22(2)16-18-14-19-17(15-21-18)7-6-8-20(19)23-10-12-24-13-11-23/h6-8,18,21H,3-5,9-16H2,1-2H3. The Bertz CT molecular complexity index is 514. The number of likely N-dealkylation sites (N-methyl/N-ethyl adjacent to an activating group) is 1. The fourth-order valence-corrected chi connectivity index (χ4v) is 3.92. The van der Waals surface area contributed by atoms with Crippen LogP contribution >= 0.6 is 0 Å². The number of unbranched alkanes of at least 4 members (excludes halogenated alkanes) is 2. The van der Waals surface area contributed by atoms with E-state index in [1.54, 1.807) is 5.56 Å². The summed E-state index contributed by atoms with van der Waals surface area (Å²) in [6.45, 7) is 9.37. The van der Waals surface area contributed by atoms with Crippen LogP contribution in [0.15, 0.2) is 18.2 Å². The molecule has 3 rings (SSSR count). The topological polar surface area (TPSA) is 27.7 Å². The molecule has 0 saturated carbocycles. The molecule has 1 aromatic carbocycles. The van der Waals surface area contributed by atoms with E-state index in [1.165, 1.54) is 37.1 Å². The predicted octanol–water partition coefficient (Wildman–Crippen LogP) is 2.66. The van der Waals surface area contributed by atoms with Crippen LogP contribution in [0.4, 0.5) is 5.69 Å². The Morgan fingerprint density at radius 1 is 1.25 bits per heavy atom. The van der Waals surface area contributed by atoms with E-state index in [-0.39, 0.29) is 0 Å². The molecule has 1 saturated heterocycles. The number of ether oxygens (including phenoxy) is 1. The Kier molecular flexibility index (Phi) is 6.52. The lowest BCUT2D eigenvalue weighted by Crippen LogP contribution is -2.45. The lowest BCUT2D eigenvalue weighted by Gasteiger charge is -2.35. The summed E-state index contributed by atoms with van der Waals surface area (Å²) in [7, 11) is 2.26. The van der Waals surface area contributed by atoms with Crippen molar-refractivity contribution in [1.82, 2.24) is 10.2 Å². The Labute approximate surface area is 147 Å². The van der Waals surface area contributed by atoms with E-state index in [0.29, 0.717) is 6.04 Å². The van der Waals surface area contributed by atoms with Crippen molar-refractivity contribution in [2.24, 2.45) is 0 Å². The molecule has 0 aromatic heterocycles. The van der Waals surface area contributed by atoms with Crippen LogP contribution in [0.2, 0.25) is 0 Å². The summed E-state index contributed by atoms with van der Waals surface area (Å²) < 4.78 is 5.53. The largest absolute Gasteiger partial charge is 0.378 e. The zero-order valence-corrected chi connectivity index (χ0v) is 15.4. The van der Waals surface area contributed by atoms with E-state index in [1.807, 2.05) is 0 Å². The summed E-state index contributed by atoms with van der Waals surface area (Å²) in [6, 6.07) is 7.36.